The Morgan fingerprint density at radius 3 is 1.49 bits per heavy atom. The van der Waals surface area contributed by atoms with Crippen molar-refractivity contribution >= 4 is 11.9 Å². The van der Waals surface area contributed by atoms with E-state index >= 15 is 0 Å². The molecule has 6 heteroatoms. The molecule has 0 spiro atoms. The molecule has 0 saturated heterocycles. The van der Waals surface area contributed by atoms with E-state index in [2.05, 4.69) is 55.6 Å². The maximum Gasteiger partial charge on any atom is 0.305 e. The Morgan fingerprint density at radius 1 is 0.528 bits per heavy atom. The molecule has 1 amide bonds. The summed E-state index contributed by atoms with van der Waals surface area (Å²) in [7, 11) is 0. The fraction of sp³-hybridized carbons (Fsp3) is 0.787. The number of aliphatic hydroxyl groups excluding tert-OH is 2. The number of rotatable bonds is 40. The van der Waals surface area contributed by atoms with Crippen molar-refractivity contribution < 1.29 is 24.5 Å². The van der Waals surface area contributed by atoms with Crippen LogP contribution in [-0.2, 0) is 14.3 Å². The minimum absolute atomic E-state index is 0.0347. The Hall–Kier alpha value is -2.18. The Balaban J connectivity index is 3.57. The smallest absolute Gasteiger partial charge is 0.305 e. The summed E-state index contributed by atoms with van der Waals surface area (Å²) < 4.78 is 5.41. The number of nitrogens with one attached hydrogen (secondary N) is 1. The molecular formula is C47H85NO5. The molecule has 0 aliphatic heterocycles. The van der Waals surface area contributed by atoms with Crippen LogP contribution in [0.3, 0.4) is 0 Å². The fourth-order valence-electron chi connectivity index (χ4n) is 6.32. The van der Waals surface area contributed by atoms with Gasteiger partial charge < -0.3 is 20.3 Å². The first-order valence-electron chi connectivity index (χ1n) is 22.4. The number of carbonyl (C=O) groups is 2. The highest BCUT2D eigenvalue weighted by molar-refractivity contribution is 5.76. The zero-order valence-electron chi connectivity index (χ0n) is 34.7. The average molecular weight is 744 g/mol. The molecule has 53 heavy (non-hydrogen) atoms. The number of ether oxygens (including phenoxy) is 1. The first kappa shape index (κ1) is 50.8. The van der Waals surface area contributed by atoms with E-state index < -0.39 is 12.1 Å². The van der Waals surface area contributed by atoms with Gasteiger partial charge in [0.15, 0.2) is 0 Å². The normalized spacial score (nSPS) is 13.2. The Morgan fingerprint density at radius 2 is 0.943 bits per heavy atom. The van der Waals surface area contributed by atoms with Gasteiger partial charge in [-0.3, -0.25) is 9.59 Å². The second kappa shape index (κ2) is 42.6. The summed E-state index contributed by atoms with van der Waals surface area (Å²) in [6, 6.07) is -0.642. The summed E-state index contributed by atoms with van der Waals surface area (Å²) in [6.07, 6.45) is 51.0. The quantitative estimate of drug-likeness (QED) is 0.0251. The van der Waals surface area contributed by atoms with E-state index in [4.69, 9.17) is 4.74 Å². The maximum absolute atomic E-state index is 12.3. The molecule has 0 aromatic heterocycles. The maximum atomic E-state index is 12.3. The molecule has 3 N–H and O–H groups in total. The van der Waals surface area contributed by atoms with Crippen molar-refractivity contribution in [1.82, 2.24) is 5.32 Å². The van der Waals surface area contributed by atoms with E-state index in [1.54, 1.807) is 6.08 Å². The molecule has 0 saturated carbocycles. The summed E-state index contributed by atoms with van der Waals surface area (Å²) in [5, 5.41) is 22.8. The van der Waals surface area contributed by atoms with Crippen molar-refractivity contribution in [3.63, 3.8) is 0 Å². The third-order valence-corrected chi connectivity index (χ3v) is 9.84. The Labute approximate surface area is 327 Å². The van der Waals surface area contributed by atoms with Crippen molar-refractivity contribution in [3.8, 4) is 0 Å². The number of hydrogen-bond donors (Lipinski definition) is 3. The lowest BCUT2D eigenvalue weighted by molar-refractivity contribution is -0.143. The highest BCUT2D eigenvalue weighted by atomic mass is 16.5. The van der Waals surface area contributed by atoms with E-state index in [1.807, 2.05) is 6.08 Å². The molecule has 0 aromatic carbocycles. The average Bonchev–Trinajstić information content (AvgIpc) is 3.16. The summed E-state index contributed by atoms with van der Waals surface area (Å²) in [6.45, 7) is 4.76. The molecule has 0 aliphatic carbocycles. The molecule has 6 nitrogen and oxygen atoms in total. The second-order valence-corrected chi connectivity index (χ2v) is 15.0. The lowest BCUT2D eigenvalue weighted by Gasteiger charge is -2.20. The summed E-state index contributed by atoms with van der Waals surface area (Å²) in [5.74, 6) is -0.131. The van der Waals surface area contributed by atoms with Crippen molar-refractivity contribution in [2.45, 2.75) is 225 Å². The van der Waals surface area contributed by atoms with Crippen molar-refractivity contribution in [3.05, 3.63) is 48.6 Å². The highest BCUT2D eigenvalue weighted by Gasteiger charge is 2.18. The number of hydrogen-bond acceptors (Lipinski definition) is 5. The van der Waals surface area contributed by atoms with Crippen LogP contribution >= 0.6 is 0 Å². The predicted octanol–water partition coefficient (Wildman–Crippen LogP) is 12.7. The van der Waals surface area contributed by atoms with Crippen LogP contribution in [0.2, 0.25) is 0 Å². The third kappa shape index (κ3) is 39.3. The van der Waals surface area contributed by atoms with Crippen LogP contribution < -0.4 is 5.32 Å². The summed E-state index contributed by atoms with van der Waals surface area (Å²) in [4.78, 5) is 24.3. The van der Waals surface area contributed by atoms with Crippen molar-refractivity contribution in [2.75, 3.05) is 13.2 Å². The minimum atomic E-state index is -0.857. The van der Waals surface area contributed by atoms with Crippen LogP contribution in [0.4, 0.5) is 0 Å². The fourth-order valence-corrected chi connectivity index (χ4v) is 6.32. The van der Waals surface area contributed by atoms with Crippen LogP contribution in [0.5, 0.6) is 0 Å². The molecule has 0 bridgehead atoms. The first-order chi connectivity index (χ1) is 26.0. The van der Waals surface area contributed by atoms with Crippen LogP contribution in [0.1, 0.15) is 213 Å². The van der Waals surface area contributed by atoms with E-state index in [1.165, 1.54) is 109 Å². The van der Waals surface area contributed by atoms with Gasteiger partial charge in [0, 0.05) is 12.8 Å². The third-order valence-electron chi connectivity index (χ3n) is 9.84. The zero-order valence-corrected chi connectivity index (χ0v) is 34.7. The van der Waals surface area contributed by atoms with Crippen LogP contribution in [-0.4, -0.2) is 47.4 Å². The monoisotopic (exact) mass is 744 g/mol. The van der Waals surface area contributed by atoms with E-state index in [0.717, 1.165) is 77.0 Å². The second-order valence-electron chi connectivity index (χ2n) is 15.0. The van der Waals surface area contributed by atoms with Gasteiger partial charge in [-0.1, -0.05) is 159 Å². The van der Waals surface area contributed by atoms with Crippen molar-refractivity contribution in [1.29, 1.82) is 0 Å². The van der Waals surface area contributed by atoms with Gasteiger partial charge in [0.2, 0.25) is 5.91 Å². The minimum Gasteiger partial charge on any atom is -0.466 e. The number of allylic oxidation sites excluding steroid dienone is 7. The van der Waals surface area contributed by atoms with Crippen LogP contribution in [0.25, 0.3) is 0 Å². The molecule has 2 atom stereocenters. The van der Waals surface area contributed by atoms with Crippen LogP contribution in [0, 0.1) is 0 Å². The van der Waals surface area contributed by atoms with Crippen molar-refractivity contribution in [2.24, 2.45) is 0 Å². The van der Waals surface area contributed by atoms with Gasteiger partial charge in [0.1, 0.15) is 0 Å². The standard InChI is InChI=1S/C47H85NO5/c1-3-5-7-9-11-13-14-21-25-29-33-37-41-47(52)53-42-38-34-30-26-22-19-17-15-16-18-20-24-28-32-36-40-46(51)48-44(43-49)45(50)39-35-31-27-23-12-10-8-6-4-2/h11,13,15,17,19,22,35,39,44-45,49-50H,3-10,12,14,16,18,20-21,23-34,36-38,40-43H2,1-2H3,(H,48,51)/b13-11-,17-15-,22-19-,39-35+. The topological polar surface area (TPSA) is 95.9 Å². The molecule has 2 unspecified atom stereocenters. The Bertz CT molecular complexity index is 911. The molecule has 0 fully saturated rings. The van der Waals surface area contributed by atoms with E-state index in [0.29, 0.717) is 19.4 Å². The summed E-state index contributed by atoms with van der Waals surface area (Å²) in [5.41, 5.74) is 0. The van der Waals surface area contributed by atoms with Gasteiger partial charge >= 0.3 is 5.97 Å². The molecule has 0 radical (unpaired) electrons. The van der Waals surface area contributed by atoms with E-state index in [-0.39, 0.29) is 18.5 Å². The summed E-state index contributed by atoms with van der Waals surface area (Å²) >= 11 is 0. The van der Waals surface area contributed by atoms with Gasteiger partial charge in [-0.05, 0) is 89.9 Å². The number of esters is 1. The SMILES string of the molecule is CCCCC/C=C\CCCCCCCC(=O)OCCCCC/C=C\C=C/CCCCCCCCC(=O)NC(CO)C(O)/C=C/CCCCCCCCC. The van der Waals surface area contributed by atoms with Gasteiger partial charge in [0.25, 0.3) is 0 Å². The van der Waals surface area contributed by atoms with Gasteiger partial charge in [0.05, 0.1) is 25.4 Å². The number of carbonyl (C=O) groups excluding carboxylic acids is 2. The molecule has 0 rings (SSSR count). The number of amides is 1. The van der Waals surface area contributed by atoms with Crippen LogP contribution in [0.15, 0.2) is 48.6 Å². The zero-order chi connectivity index (χ0) is 38.7. The van der Waals surface area contributed by atoms with E-state index in [9.17, 15) is 19.8 Å². The van der Waals surface area contributed by atoms with Gasteiger partial charge in [-0.2, -0.15) is 0 Å². The molecule has 0 aromatic rings. The molecule has 0 heterocycles. The predicted molar refractivity (Wildman–Crippen MR) is 227 cm³/mol. The lowest BCUT2D eigenvalue weighted by atomic mass is 10.1. The molecular weight excluding hydrogens is 659 g/mol. The highest BCUT2D eigenvalue weighted by Crippen LogP contribution is 2.12. The van der Waals surface area contributed by atoms with Gasteiger partial charge in [-0.25, -0.2) is 0 Å². The first-order valence-corrected chi connectivity index (χ1v) is 22.4. The largest absolute Gasteiger partial charge is 0.466 e. The number of unbranched alkanes of at least 4 members (excludes halogenated alkanes) is 24. The Kier molecular flexibility index (Phi) is 40.8. The molecule has 0 aliphatic rings. The lowest BCUT2D eigenvalue weighted by Crippen LogP contribution is -2.45. The van der Waals surface area contributed by atoms with Gasteiger partial charge in [-0.15, -0.1) is 0 Å². The number of aliphatic hydroxyl groups is 2. The molecule has 308 valence electrons.